The molecule has 0 aromatic carbocycles. The van der Waals surface area contributed by atoms with Crippen LogP contribution in [0.3, 0.4) is 0 Å². The van der Waals surface area contributed by atoms with Crippen LogP contribution < -0.4 is 5.32 Å². The van der Waals surface area contributed by atoms with Gasteiger partial charge in [0.15, 0.2) is 0 Å². The van der Waals surface area contributed by atoms with Gasteiger partial charge in [0.2, 0.25) is 0 Å². The fraction of sp³-hybridized carbons (Fsp3) is 0.923. The van der Waals surface area contributed by atoms with Gasteiger partial charge in [-0.05, 0) is 44.6 Å². The Hall–Kier alpha value is -0.610. The molecular formula is C13H23NO3. The van der Waals surface area contributed by atoms with E-state index in [1.807, 2.05) is 0 Å². The van der Waals surface area contributed by atoms with E-state index in [9.17, 15) is 4.79 Å². The van der Waals surface area contributed by atoms with Gasteiger partial charge in [0.05, 0.1) is 12.6 Å². The first-order valence-electron chi connectivity index (χ1n) is 6.71. The fourth-order valence-electron chi connectivity index (χ4n) is 2.35. The van der Waals surface area contributed by atoms with Crippen molar-refractivity contribution in [3.05, 3.63) is 0 Å². The Morgan fingerprint density at radius 3 is 2.71 bits per heavy atom. The van der Waals surface area contributed by atoms with Gasteiger partial charge in [0.1, 0.15) is 6.10 Å². The van der Waals surface area contributed by atoms with Crippen molar-refractivity contribution in [1.82, 2.24) is 5.32 Å². The number of ether oxygens (including phenoxy) is 2. The molecular weight excluding hydrogens is 218 g/mol. The molecule has 2 atom stereocenters. The lowest BCUT2D eigenvalue weighted by molar-refractivity contribution is -0.151. The summed E-state index contributed by atoms with van der Waals surface area (Å²) in [5.41, 5.74) is 0. The van der Waals surface area contributed by atoms with E-state index in [0.717, 1.165) is 38.1 Å². The van der Waals surface area contributed by atoms with E-state index in [0.29, 0.717) is 6.54 Å². The summed E-state index contributed by atoms with van der Waals surface area (Å²) in [6.07, 6.45) is 6.94. The van der Waals surface area contributed by atoms with Gasteiger partial charge in [-0.15, -0.1) is 0 Å². The Labute approximate surface area is 103 Å². The quantitative estimate of drug-likeness (QED) is 0.716. The van der Waals surface area contributed by atoms with Crippen LogP contribution in [0.4, 0.5) is 0 Å². The van der Waals surface area contributed by atoms with Gasteiger partial charge in [0.25, 0.3) is 0 Å². The van der Waals surface area contributed by atoms with Gasteiger partial charge in [-0.1, -0.05) is 0 Å². The summed E-state index contributed by atoms with van der Waals surface area (Å²) >= 11 is 0. The van der Waals surface area contributed by atoms with E-state index in [-0.39, 0.29) is 18.2 Å². The molecule has 2 rings (SSSR count). The van der Waals surface area contributed by atoms with Crippen LogP contribution in [-0.2, 0) is 14.3 Å². The first-order valence-corrected chi connectivity index (χ1v) is 6.71. The van der Waals surface area contributed by atoms with E-state index in [2.05, 4.69) is 5.32 Å². The third-order valence-corrected chi connectivity index (χ3v) is 3.61. The van der Waals surface area contributed by atoms with Crippen LogP contribution in [0.15, 0.2) is 0 Å². The molecule has 2 fully saturated rings. The molecule has 4 heteroatoms. The van der Waals surface area contributed by atoms with Gasteiger partial charge in [-0.25, -0.2) is 0 Å². The van der Waals surface area contributed by atoms with Crippen LogP contribution in [0.2, 0.25) is 0 Å². The zero-order valence-electron chi connectivity index (χ0n) is 10.6. The maximum Gasteiger partial charge on any atom is 0.320 e. The molecule has 17 heavy (non-hydrogen) atoms. The number of nitrogens with one attached hydrogen (secondary N) is 1. The number of hydrogen-bond donors (Lipinski definition) is 1. The zero-order chi connectivity index (χ0) is 12.1. The van der Waals surface area contributed by atoms with Crippen molar-refractivity contribution in [2.45, 2.75) is 50.7 Å². The Morgan fingerprint density at radius 1 is 1.24 bits per heavy atom. The van der Waals surface area contributed by atoms with E-state index in [1.165, 1.54) is 12.8 Å². The van der Waals surface area contributed by atoms with Crippen molar-refractivity contribution in [3.63, 3.8) is 0 Å². The lowest BCUT2D eigenvalue weighted by Crippen LogP contribution is -2.33. The first kappa shape index (κ1) is 12.8. The molecule has 2 aliphatic rings. The van der Waals surface area contributed by atoms with Crippen LogP contribution in [0.1, 0.15) is 38.5 Å². The number of esters is 1. The van der Waals surface area contributed by atoms with Crippen molar-refractivity contribution < 1.29 is 14.3 Å². The highest BCUT2D eigenvalue weighted by atomic mass is 16.5. The Morgan fingerprint density at radius 2 is 2.00 bits per heavy atom. The highest BCUT2D eigenvalue weighted by molar-refractivity contribution is 5.71. The predicted molar refractivity (Wildman–Crippen MR) is 64.7 cm³/mol. The summed E-state index contributed by atoms with van der Waals surface area (Å²) in [4.78, 5) is 11.6. The minimum absolute atomic E-state index is 0.0592. The van der Waals surface area contributed by atoms with E-state index >= 15 is 0 Å². The van der Waals surface area contributed by atoms with Gasteiger partial charge in [-0.3, -0.25) is 4.79 Å². The van der Waals surface area contributed by atoms with Crippen LogP contribution in [0.5, 0.6) is 0 Å². The maximum absolute atomic E-state index is 11.6. The number of carbonyl (C=O) groups excluding carboxylic acids is 1. The van der Waals surface area contributed by atoms with Crippen molar-refractivity contribution in [3.8, 4) is 0 Å². The third kappa shape index (κ3) is 4.64. The van der Waals surface area contributed by atoms with Crippen LogP contribution in [-0.4, -0.2) is 38.4 Å². The van der Waals surface area contributed by atoms with Crippen molar-refractivity contribution >= 4 is 5.97 Å². The molecule has 2 saturated carbocycles. The predicted octanol–water partition coefficient (Wildman–Crippen LogP) is 1.49. The van der Waals surface area contributed by atoms with Crippen molar-refractivity contribution in [2.24, 2.45) is 5.92 Å². The standard InChI is InChI=1S/C13H23NO3/c1-16-11-3-2-4-12(7-11)17-13(15)9-14-8-10-5-6-10/h10-12,14H,2-9H2,1H3. The highest BCUT2D eigenvalue weighted by Crippen LogP contribution is 2.27. The number of rotatable bonds is 6. The van der Waals surface area contributed by atoms with Gasteiger partial charge >= 0.3 is 5.97 Å². The van der Waals surface area contributed by atoms with Crippen LogP contribution in [0, 0.1) is 5.92 Å². The minimum Gasteiger partial charge on any atom is -0.461 e. The molecule has 0 saturated heterocycles. The summed E-state index contributed by atoms with van der Waals surface area (Å²) in [6.45, 7) is 1.31. The van der Waals surface area contributed by atoms with Crippen molar-refractivity contribution in [1.29, 1.82) is 0 Å². The van der Waals surface area contributed by atoms with Crippen LogP contribution in [0.25, 0.3) is 0 Å². The van der Waals surface area contributed by atoms with Gasteiger partial charge in [0, 0.05) is 13.5 Å². The summed E-state index contributed by atoms with van der Waals surface area (Å²) < 4.78 is 10.8. The Kier molecular flexibility index (Phi) is 4.80. The molecule has 0 aliphatic heterocycles. The van der Waals surface area contributed by atoms with E-state index in [1.54, 1.807) is 7.11 Å². The average molecular weight is 241 g/mol. The third-order valence-electron chi connectivity index (χ3n) is 3.61. The molecule has 0 aromatic heterocycles. The molecule has 98 valence electrons. The van der Waals surface area contributed by atoms with Gasteiger partial charge < -0.3 is 14.8 Å². The highest BCUT2D eigenvalue weighted by Gasteiger charge is 2.25. The summed E-state index contributed by atoms with van der Waals surface area (Å²) in [6, 6.07) is 0. The van der Waals surface area contributed by atoms with Crippen molar-refractivity contribution in [2.75, 3.05) is 20.2 Å². The van der Waals surface area contributed by atoms with E-state index < -0.39 is 0 Å². The topological polar surface area (TPSA) is 47.6 Å². The molecule has 0 spiro atoms. The molecule has 0 aromatic rings. The molecule has 1 N–H and O–H groups in total. The zero-order valence-corrected chi connectivity index (χ0v) is 10.6. The normalized spacial score (nSPS) is 29.0. The Balaban J connectivity index is 1.59. The second-order valence-corrected chi connectivity index (χ2v) is 5.21. The summed E-state index contributed by atoms with van der Waals surface area (Å²) in [5.74, 6) is 0.683. The monoisotopic (exact) mass is 241 g/mol. The molecule has 0 heterocycles. The fourth-order valence-corrected chi connectivity index (χ4v) is 2.35. The molecule has 4 nitrogen and oxygen atoms in total. The van der Waals surface area contributed by atoms with E-state index in [4.69, 9.17) is 9.47 Å². The SMILES string of the molecule is COC1CCCC(OC(=O)CNCC2CC2)C1. The molecule has 0 amide bonds. The first-order chi connectivity index (χ1) is 8.28. The second-order valence-electron chi connectivity index (χ2n) is 5.21. The average Bonchev–Trinajstić information content (AvgIpc) is 3.13. The second kappa shape index (κ2) is 6.36. The smallest absolute Gasteiger partial charge is 0.320 e. The Bertz CT molecular complexity index is 253. The minimum atomic E-state index is -0.118. The summed E-state index contributed by atoms with van der Waals surface area (Å²) in [7, 11) is 1.73. The lowest BCUT2D eigenvalue weighted by Gasteiger charge is -2.27. The molecule has 0 radical (unpaired) electrons. The number of hydrogen-bond acceptors (Lipinski definition) is 4. The molecule has 0 bridgehead atoms. The number of methoxy groups -OCH3 is 1. The van der Waals surface area contributed by atoms with Crippen LogP contribution >= 0.6 is 0 Å². The summed E-state index contributed by atoms with van der Waals surface area (Å²) in [5, 5.41) is 3.16. The largest absolute Gasteiger partial charge is 0.461 e. The lowest BCUT2D eigenvalue weighted by atomic mass is 9.95. The number of carbonyl (C=O) groups is 1. The van der Waals surface area contributed by atoms with Gasteiger partial charge in [-0.2, -0.15) is 0 Å². The molecule has 2 aliphatic carbocycles. The molecule has 2 unspecified atom stereocenters. The maximum atomic E-state index is 11.6.